The Morgan fingerprint density at radius 2 is 1.97 bits per heavy atom. The zero-order valence-corrected chi connectivity index (χ0v) is 14.7. The highest BCUT2D eigenvalue weighted by Crippen LogP contribution is 2.37. The molecule has 3 rings (SSSR count). The van der Waals surface area contributed by atoms with E-state index in [2.05, 4.69) is 5.32 Å². The van der Waals surface area contributed by atoms with E-state index in [1.807, 2.05) is 0 Å². The molecule has 0 saturated carbocycles. The quantitative estimate of drug-likeness (QED) is 0.617. The van der Waals surface area contributed by atoms with E-state index in [0.29, 0.717) is 4.90 Å². The third-order valence-electron chi connectivity index (χ3n) is 4.17. The van der Waals surface area contributed by atoms with Crippen LogP contribution in [-0.2, 0) is 9.59 Å². The van der Waals surface area contributed by atoms with Crippen LogP contribution in [0.1, 0.15) is 6.42 Å². The number of carbonyl (C=O) groups is 2. The van der Waals surface area contributed by atoms with Gasteiger partial charge in [0.1, 0.15) is 11.8 Å². The van der Waals surface area contributed by atoms with Gasteiger partial charge in [0.05, 0.1) is 28.8 Å². The van der Waals surface area contributed by atoms with Crippen LogP contribution >= 0.6 is 0 Å². The number of nitro groups is 1. The van der Waals surface area contributed by atoms with E-state index >= 15 is 0 Å². The second-order valence-corrected chi connectivity index (χ2v) is 6.13. The zero-order chi connectivity index (χ0) is 21.2. The molecule has 8 nitrogen and oxygen atoms in total. The van der Waals surface area contributed by atoms with Gasteiger partial charge in [0, 0.05) is 6.07 Å². The number of anilines is 2. The zero-order valence-electron chi connectivity index (χ0n) is 14.7. The van der Waals surface area contributed by atoms with Gasteiger partial charge < -0.3 is 10.1 Å². The molecule has 152 valence electrons. The van der Waals surface area contributed by atoms with Gasteiger partial charge in [-0.1, -0.05) is 18.2 Å². The van der Waals surface area contributed by atoms with Crippen molar-refractivity contribution >= 4 is 28.9 Å². The summed E-state index contributed by atoms with van der Waals surface area (Å²) in [5.41, 5.74) is -0.348. The number of nitrogens with zero attached hydrogens (tertiary/aromatic N) is 2. The molecule has 0 saturated heterocycles. The average Bonchev–Trinajstić information content (AvgIpc) is 2.82. The minimum atomic E-state index is -4.87. The van der Waals surface area contributed by atoms with Crippen molar-refractivity contribution in [3.63, 3.8) is 0 Å². The number of fused-ring (bicyclic) bond motifs is 1. The van der Waals surface area contributed by atoms with Crippen molar-refractivity contribution < 1.29 is 32.4 Å². The highest BCUT2D eigenvalue weighted by Gasteiger charge is 2.49. The maximum absolute atomic E-state index is 13.6. The molecule has 2 aromatic rings. The van der Waals surface area contributed by atoms with Crippen molar-refractivity contribution in [3.8, 4) is 5.75 Å². The Hall–Kier alpha value is -3.63. The Morgan fingerprint density at radius 3 is 2.66 bits per heavy atom. The van der Waals surface area contributed by atoms with Crippen molar-refractivity contribution in [1.29, 1.82) is 0 Å². The van der Waals surface area contributed by atoms with E-state index in [0.717, 1.165) is 6.07 Å². The topological polar surface area (TPSA) is 102 Å². The van der Waals surface area contributed by atoms with Crippen molar-refractivity contribution in [2.75, 3.05) is 16.8 Å². The molecule has 1 heterocycles. The molecule has 11 heteroatoms. The lowest BCUT2D eigenvalue weighted by atomic mass is 10.1. The Balaban J connectivity index is 1.90. The van der Waals surface area contributed by atoms with Crippen molar-refractivity contribution in [2.24, 2.45) is 0 Å². The smallest absolute Gasteiger partial charge is 0.409 e. The normalized spacial score (nSPS) is 16.4. The number of alkyl halides is 3. The summed E-state index contributed by atoms with van der Waals surface area (Å²) in [7, 11) is 0. The standard InChI is InChI=1S/C18H14F3N3O5/c19-18(20,21)15-9-16(25)22-13-6-1-2-7-14(13)23(15)17(26)10-29-12-5-3-4-11(8-12)24(27)28/h1-8,15H,9-10H2,(H,22,25)/t15-/m1/s1. The number of rotatable bonds is 4. The predicted molar refractivity (Wildman–Crippen MR) is 95.6 cm³/mol. The molecule has 0 spiro atoms. The van der Waals surface area contributed by atoms with Gasteiger partial charge in [-0.2, -0.15) is 13.2 Å². The van der Waals surface area contributed by atoms with Crippen molar-refractivity contribution in [1.82, 2.24) is 0 Å². The van der Waals surface area contributed by atoms with Crippen molar-refractivity contribution in [2.45, 2.75) is 18.6 Å². The number of amides is 2. The summed E-state index contributed by atoms with van der Waals surface area (Å²) in [6.45, 7) is -0.809. The number of hydrogen-bond donors (Lipinski definition) is 1. The van der Waals surface area contributed by atoms with Gasteiger partial charge in [0.2, 0.25) is 5.91 Å². The minimum Gasteiger partial charge on any atom is -0.483 e. The fourth-order valence-electron chi connectivity index (χ4n) is 2.90. The highest BCUT2D eigenvalue weighted by atomic mass is 19.4. The molecule has 0 aliphatic carbocycles. The van der Waals surface area contributed by atoms with Crippen LogP contribution in [0.25, 0.3) is 0 Å². The van der Waals surface area contributed by atoms with Crippen LogP contribution in [-0.4, -0.2) is 35.6 Å². The Bertz CT molecular complexity index is 964. The van der Waals surface area contributed by atoms with Crippen LogP contribution in [0.2, 0.25) is 0 Å². The van der Waals surface area contributed by atoms with E-state index in [-0.39, 0.29) is 22.8 Å². The summed E-state index contributed by atoms with van der Waals surface area (Å²) < 4.78 is 46.0. The average molecular weight is 409 g/mol. The molecule has 0 aromatic heterocycles. The summed E-state index contributed by atoms with van der Waals surface area (Å²) in [5, 5.41) is 13.2. The Morgan fingerprint density at radius 1 is 1.24 bits per heavy atom. The number of nitrogens with one attached hydrogen (secondary N) is 1. The molecule has 2 aromatic carbocycles. The van der Waals surface area contributed by atoms with Crippen LogP contribution in [0.5, 0.6) is 5.75 Å². The fourth-order valence-corrected chi connectivity index (χ4v) is 2.90. The van der Waals surface area contributed by atoms with E-state index in [4.69, 9.17) is 4.74 Å². The minimum absolute atomic E-state index is 0.0478. The maximum atomic E-state index is 13.6. The van der Waals surface area contributed by atoms with E-state index in [1.165, 1.54) is 42.5 Å². The van der Waals surface area contributed by atoms with Crippen LogP contribution in [0, 0.1) is 10.1 Å². The monoisotopic (exact) mass is 409 g/mol. The fraction of sp³-hybridized carbons (Fsp3) is 0.222. The molecule has 0 radical (unpaired) electrons. The number of halogens is 3. The van der Waals surface area contributed by atoms with Crippen LogP contribution in [0.15, 0.2) is 48.5 Å². The van der Waals surface area contributed by atoms with Gasteiger partial charge in [-0.3, -0.25) is 24.6 Å². The molecular weight excluding hydrogens is 395 g/mol. The highest BCUT2D eigenvalue weighted by molar-refractivity contribution is 6.05. The lowest BCUT2D eigenvalue weighted by molar-refractivity contribution is -0.384. The van der Waals surface area contributed by atoms with E-state index < -0.39 is 42.0 Å². The maximum Gasteiger partial charge on any atom is 0.409 e. The summed E-state index contributed by atoms with van der Waals surface area (Å²) in [5.74, 6) is -1.98. The third kappa shape index (κ3) is 4.45. The molecule has 1 aliphatic heterocycles. The summed E-state index contributed by atoms with van der Waals surface area (Å²) >= 11 is 0. The molecule has 0 unspecified atom stereocenters. The van der Waals surface area contributed by atoms with Gasteiger partial charge >= 0.3 is 6.18 Å². The lowest BCUT2D eigenvalue weighted by Crippen LogP contribution is -2.51. The largest absolute Gasteiger partial charge is 0.483 e. The van der Waals surface area contributed by atoms with E-state index in [1.54, 1.807) is 0 Å². The van der Waals surface area contributed by atoms with Gasteiger partial charge in [-0.05, 0) is 18.2 Å². The van der Waals surface area contributed by atoms with Crippen LogP contribution in [0.4, 0.5) is 30.2 Å². The first-order valence-corrected chi connectivity index (χ1v) is 8.31. The van der Waals surface area contributed by atoms with Gasteiger partial charge in [0.15, 0.2) is 6.61 Å². The molecule has 1 N–H and O–H groups in total. The first kappa shape index (κ1) is 20.1. The molecule has 29 heavy (non-hydrogen) atoms. The van der Waals surface area contributed by atoms with Crippen LogP contribution < -0.4 is 15.0 Å². The van der Waals surface area contributed by atoms with Gasteiger partial charge in [-0.25, -0.2) is 0 Å². The number of carbonyl (C=O) groups excluding carboxylic acids is 2. The summed E-state index contributed by atoms with van der Waals surface area (Å²) in [4.78, 5) is 35.2. The SMILES string of the molecule is O=C1C[C@H](C(F)(F)F)N(C(=O)COc2cccc([N+](=O)[O-])c2)c2ccccc2N1. The lowest BCUT2D eigenvalue weighted by Gasteiger charge is -2.31. The third-order valence-corrected chi connectivity index (χ3v) is 4.17. The Kier molecular flexibility index (Phi) is 5.39. The number of hydrogen-bond acceptors (Lipinski definition) is 5. The molecule has 0 bridgehead atoms. The molecular formula is C18H14F3N3O5. The Labute approximate surface area is 162 Å². The van der Waals surface area contributed by atoms with Crippen LogP contribution in [0.3, 0.4) is 0 Å². The molecule has 2 amide bonds. The van der Waals surface area contributed by atoms with Gasteiger partial charge in [0.25, 0.3) is 11.6 Å². The first-order valence-electron chi connectivity index (χ1n) is 8.31. The number of benzene rings is 2. The number of ether oxygens (including phenoxy) is 1. The molecule has 1 aliphatic rings. The molecule has 0 fully saturated rings. The number of non-ortho nitro benzene ring substituents is 1. The second kappa shape index (κ2) is 7.78. The second-order valence-electron chi connectivity index (χ2n) is 6.13. The summed E-state index contributed by atoms with van der Waals surface area (Å²) in [6, 6.07) is 8.14. The first-order chi connectivity index (χ1) is 13.7. The van der Waals surface area contributed by atoms with Gasteiger partial charge in [-0.15, -0.1) is 0 Å². The predicted octanol–water partition coefficient (Wildman–Crippen LogP) is 3.28. The van der Waals surface area contributed by atoms with E-state index in [9.17, 15) is 32.9 Å². The number of para-hydroxylation sites is 2. The molecule has 1 atom stereocenters. The van der Waals surface area contributed by atoms with Crippen molar-refractivity contribution in [3.05, 3.63) is 58.6 Å². The number of nitro benzene ring substituents is 1. The summed E-state index contributed by atoms with van der Waals surface area (Å²) in [6.07, 6.45) is -5.84.